The summed E-state index contributed by atoms with van der Waals surface area (Å²) in [4.78, 5) is 10.7. The first-order valence-electron chi connectivity index (χ1n) is 5.66. The van der Waals surface area contributed by atoms with Gasteiger partial charge in [0.25, 0.3) is 0 Å². The molecule has 1 N–H and O–H groups in total. The molecule has 5 heteroatoms. The fourth-order valence-electron chi connectivity index (χ4n) is 1.55. The van der Waals surface area contributed by atoms with Gasteiger partial charge in [0.15, 0.2) is 5.75 Å². The van der Waals surface area contributed by atoms with E-state index < -0.39 is 10.5 Å². The summed E-state index contributed by atoms with van der Waals surface area (Å²) < 4.78 is 5.59. The highest BCUT2D eigenvalue weighted by Gasteiger charge is 2.27. The molecule has 0 aromatic heterocycles. The molecule has 99 valence electrons. The number of nitrogens with zero attached hydrogens (tertiary/aromatic N) is 1. The van der Waals surface area contributed by atoms with Crippen LogP contribution in [0.2, 0.25) is 0 Å². The van der Waals surface area contributed by atoms with Gasteiger partial charge < -0.3 is 9.84 Å². The SMILES string of the molecule is C[C](CO)c1cccc(OC(C)(C)C)c1[N+](=O)[O-]. The molecule has 0 spiro atoms. The second-order valence-electron chi connectivity index (χ2n) is 5.06. The average Bonchev–Trinajstić information content (AvgIpc) is 2.25. The largest absolute Gasteiger partial charge is 0.481 e. The van der Waals surface area contributed by atoms with Crippen LogP contribution in [0.1, 0.15) is 33.3 Å². The Labute approximate surface area is 107 Å². The standard InChI is InChI=1S/C13H18NO4/c1-9(8-15)10-6-5-7-11(12(10)14(16)17)18-13(2,3)4/h5-7,15H,8H2,1-4H3. The van der Waals surface area contributed by atoms with Crippen molar-refractivity contribution in [2.75, 3.05) is 6.61 Å². The van der Waals surface area contributed by atoms with E-state index in [0.29, 0.717) is 11.5 Å². The number of aliphatic hydroxyl groups excluding tert-OH is 1. The molecule has 0 fully saturated rings. The molecule has 18 heavy (non-hydrogen) atoms. The summed E-state index contributed by atoms with van der Waals surface area (Å²) in [6.45, 7) is 6.91. The lowest BCUT2D eigenvalue weighted by molar-refractivity contribution is -0.386. The number of nitro groups is 1. The van der Waals surface area contributed by atoms with E-state index in [1.165, 1.54) is 0 Å². The van der Waals surface area contributed by atoms with Crippen LogP contribution in [0.4, 0.5) is 5.69 Å². The highest BCUT2D eigenvalue weighted by Crippen LogP contribution is 2.36. The lowest BCUT2D eigenvalue weighted by Crippen LogP contribution is -2.23. The zero-order chi connectivity index (χ0) is 13.9. The van der Waals surface area contributed by atoms with Crippen molar-refractivity contribution in [2.45, 2.75) is 33.3 Å². The molecule has 0 saturated heterocycles. The maximum Gasteiger partial charge on any atom is 0.314 e. The quantitative estimate of drug-likeness (QED) is 0.660. The van der Waals surface area contributed by atoms with E-state index in [2.05, 4.69) is 0 Å². The third-order valence-electron chi connectivity index (χ3n) is 2.29. The van der Waals surface area contributed by atoms with Crippen LogP contribution in [0.3, 0.4) is 0 Å². The molecule has 1 aromatic carbocycles. The van der Waals surface area contributed by atoms with Crippen LogP contribution < -0.4 is 4.74 Å². The second kappa shape index (κ2) is 5.35. The van der Waals surface area contributed by atoms with E-state index in [4.69, 9.17) is 9.84 Å². The molecule has 0 atom stereocenters. The summed E-state index contributed by atoms with van der Waals surface area (Å²) in [5.41, 5.74) is -0.209. The molecular formula is C13H18NO4. The topological polar surface area (TPSA) is 72.6 Å². The second-order valence-corrected chi connectivity index (χ2v) is 5.06. The van der Waals surface area contributed by atoms with Gasteiger partial charge in [-0.1, -0.05) is 19.1 Å². The summed E-state index contributed by atoms with van der Waals surface area (Å²) in [6, 6.07) is 4.86. The predicted octanol–water partition coefficient (Wildman–Crippen LogP) is 2.71. The van der Waals surface area contributed by atoms with Crippen LogP contribution in [-0.4, -0.2) is 22.2 Å². The smallest absolute Gasteiger partial charge is 0.314 e. The number of hydrogen-bond donors (Lipinski definition) is 1. The highest BCUT2D eigenvalue weighted by molar-refractivity contribution is 5.58. The highest BCUT2D eigenvalue weighted by atomic mass is 16.6. The van der Waals surface area contributed by atoms with Crippen molar-refractivity contribution < 1.29 is 14.8 Å². The molecule has 1 rings (SSSR count). The predicted molar refractivity (Wildman–Crippen MR) is 68.6 cm³/mol. The molecule has 1 aromatic rings. The van der Waals surface area contributed by atoms with Crippen molar-refractivity contribution in [2.24, 2.45) is 0 Å². The van der Waals surface area contributed by atoms with E-state index >= 15 is 0 Å². The van der Waals surface area contributed by atoms with Gasteiger partial charge in [0.05, 0.1) is 11.5 Å². The number of ether oxygens (including phenoxy) is 1. The first-order chi connectivity index (χ1) is 8.26. The monoisotopic (exact) mass is 252 g/mol. The Balaban J connectivity index is 3.30. The summed E-state index contributed by atoms with van der Waals surface area (Å²) >= 11 is 0. The van der Waals surface area contributed by atoms with Crippen LogP contribution in [0.15, 0.2) is 18.2 Å². The Morgan fingerprint density at radius 1 is 1.44 bits per heavy atom. The summed E-state index contributed by atoms with van der Waals surface area (Å²) in [7, 11) is 0. The van der Waals surface area contributed by atoms with E-state index in [1.54, 1.807) is 25.1 Å². The fraction of sp³-hybridized carbons (Fsp3) is 0.462. The third-order valence-corrected chi connectivity index (χ3v) is 2.29. The maximum absolute atomic E-state index is 11.2. The van der Waals surface area contributed by atoms with E-state index in [9.17, 15) is 10.1 Å². The Morgan fingerprint density at radius 2 is 2.06 bits per heavy atom. The molecule has 0 bridgehead atoms. The van der Waals surface area contributed by atoms with Crippen molar-refractivity contribution in [1.29, 1.82) is 0 Å². The molecule has 0 aliphatic carbocycles. The summed E-state index contributed by atoms with van der Waals surface area (Å²) in [6.07, 6.45) is 0. The molecule has 5 nitrogen and oxygen atoms in total. The first kappa shape index (κ1) is 14.4. The van der Waals surface area contributed by atoms with E-state index in [1.807, 2.05) is 20.8 Å². The number of aliphatic hydroxyl groups is 1. The third kappa shape index (κ3) is 3.43. The van der Waals surface area contributed by atoms with Crippen molar-refractivity contribution in [3.63, 3.8) is 0 Å². The number of benzene rings is 1. The molecule has 1 radical (unpaired) electrons. The lowest BCUT2D eigenvalue weighted by atomic mass is 9.99. The molecule has 0 unspecified atom stereocenters. The number of para-hydroxylation sites is 1. The van der Waals surface area contributed by atoms with Crippen LogP contribution in [-0.2, 0) is 0 Å². The molecule has 0 saturated carbocycles. The van der Waals surface area contributed by atoms with Gasteiger partial charge in [-0.25, -0.2) is 0 Å². The zero-order valence-corrected chi connectivity index (χ0v) is 11.1. The number of rotatable bonds is 4. The molecule has 0 aliphatic heterocycles. The molecule has 0 heterocycles. The van der Waals surface area contributed by atoms with Gasteiger partial charge in [-0.05, 0) is 26.8 Å². The van der Waals surface area contributed by atoms with Gasteiger partial charge in [-0.2, -0.15) is 0 Å². The van der Waals surface area contributed by atoms with Gasteiger partial charge in [-0.15, -0.1) is 0 Å². The molecule has 0 aliphatic rings. The number of hydrogen-bond acceptors (Lipinski definition) is 4. The summed E-state index contributed by atoms with van der Waals surface area (Å²) in [5.74, 6) is 0.763. The molecular weight excluding hydrogens is 234 g/mol. The van der Waals surface area contributed by atoms with Gasteiger partial charge in [0.1, 0.15) is 5.60 Å². The maximum atomic E-state index is 11.2. The number of nitro benzene ring substituents is 1. The van der Waals surface area contributed by atoms with Crippen LogP contribution in [0.25, 0.3) is 0 Å². The minimum Gasteiger partial charge on any atom is -0.481 e. The summed E-state index contributed by atoms with van der Waals surface area (Å²) in [5, 5.41) is 20.3. The van der Waals surface area contributed by atoms with Crippen LogP contribution >= 0.6 is 0 Å². The first-order valence-corrected chi connectivity index (χ1v) is 5.66. The Bertz CT molecular complexity index is 437. The van der Waals surface area contributed by atoms with Gasteiger partial charge >= 0.3 is 5.69 Å². The van der Waals surface area contributed by atoms with E-state index in [0.717, 1.165) is 0 Å². The van der Waals surface area contributed by atoms with Gasteiger partial charge in [-0.3, -0.25) is 10.1 Å². The Hall–Kier alpha value is -1.62. The van der Waals surface area contributed by atoms with Crippen molar-refractivity contribution in [1.82, 2.24) is 0 Å². The van der Waals surface area contributed by atoms with Crippen molar-refractivity contribution in [3.05, 3.63) is 39.8 Å². The fourth-order valence-corrected chi connectivity index (χ4v) is 1.55. The van der Waals surface area contributed by atoms with Crippen LogP contribution in [0, 0.1) is 16.0 Å². The average molecular weight is 252 g/mol. The Morgan fingerprint density at radius 3 is 2.50 bits per heavy atom. The minimum absolute atomic E-state index is 0.0982. The lowest BCUT2D eigenvalue weighted by Gasteiger charge is -2.22. The van der Waals surface area contributed by atoms with E-state index in [-0.39, 0.29) is 18.0 Å². The molecule has 0 amide bonds. The van der Waals surface area contributed by atoms with Crippen molar-refractivity contribution in [3.8, 4) is 5.75 Å². The van der Waals surface area contributed by atoms with Gasteiger partial charge in [0, 0.05) is 11.5 Å². The zero-order valence-electron chi connectivity index (χ0n) is 11.1. The Kier molecular flexibility index (Phi) is 4.29. The van der Waals surface area contributed by atoms with Crippen LogP contribution in [0.5, 0.6) is 5.75 Å². The van der Waals surface area contributed by atoms with Gasteiger partial charge in [0.2, 0.25) is 0 Å². The van der Waals surface area contributed by atoms with Crippen molar-refractivity contribution >= 4 is 5.69 Å². The minimum atomic E-state index is -0.517. The normalized spacial score (nSPS) is 11.7.